The Morgan fingerprint density at radius 3 is 2.68 bits per heavy atom. The molecule has 2 aromatic heterocycles. The van der Waals surface area contributed by atoms with E-state index in [1.807, 2.05) is 24.3 Å². The summed E-state index contributed by atoms with van der Waals surface area (Å²) in [6.07, 6.45) is 1.56. The molecule has 0 radical (unpaired) electrons. The van der Waals surface area contributed by atoms with Gasteiger partial charge < -0.3 is 10.3 Å². The van der Waals surface area contributed by atoms with Crippen molar-refractivity contribution < 1.29 is 9.59 Å². The summed E-state index contributed by atoms with van der Waals surface area (Å²) in [5.74, 6) is -0.233. The van der Waals surface area contributed by atoms with E-state index in [0.717, 1.165) is 10.9 Å². The van der Waals surface area contributed by atoms with Crippen LogP contribution in [0.2, 0.25) is 0 Å². The molecule has 2 heterocycles. The largest absolute Gasteiger partial charge is 0.355 e. The zero-order valence-electron chi connectivity index (χ0n) is 12.3. The fourth-order valence-electron chi connectivity index (χ4n) is 2.55. The highest BCUT2D eigenvalue weighted by molar-refractivity contribution is 6.12. The number of ketones is 1. The summed E-state index contributed by atoms with van der Waals surface area (Å²) in [5.41, 5.74) is 3.18. The molecule has 0 aliphatic rings. The van der Waals surface area contributed by atoms with Gasteiger partial charge >= 0.3 is 0 Å². The molecular weight excluding hydrogens is 278 g/mol. The molecular formula is C17H15N3O2. The van der Waals surface area contributed by atoms with Gasteiger partial charge in [-0.1, -0.05) is 18.2 Å². The number of aromatic amines is 1. The van der Waals surface area contributed by atoms with Crippen molar-refractivity contribution >= 4 is 22.6 Å². The Kier molecular flexibility index (Phi) is 3.47. The van der Waals surface area contributed by atoms with Crippen molar-refractivity contribution in [1.82, 2.24) is 15.3 Å². The maximum absolute atomic E-state index is 12.1. The lowest BCUT2D eigenvalue weighted by molar-refractivity contribution is 0.0962. The predicted molar refractivity (Wildman–Crippen MR) is 84.9 cm³/mol. The van der Waals surface area contributed by atoms with E-state index in [2.05, 4.69) is 15.3 Å². The number of nitrogens with one attached hydrogen (secondary N) is 2. The van der Waals surface area contributed by atoms with Gasteiger partial charge in [0.1, 0.15) is 0 Å². The lowest BCUT2D eigenvalue weighted by Crippen LogP contribution is -2.17. The molecule has 1 aromatic carbocycles. The molecule has 0 fully saturated rings. The van der Waals surface area contributed by atoms with E-state index in [0.29, 0.717) is 22.5 Å². The fraction of sp³-hybridized carbons (Fsp3) is 0.118. The number of H-pyrrole nitrogens is 1. The lowest BCUT2D eigenvalue weighted by Gasteiger charge is -2.04. The van der Waals surface area contributed by atoms with Crippen LogP contribution in [0.4, 0.5) is 0 Å². The number of amides is 1. The average molecular weight is 293 g/mol. The van der Waals surface area contributed by atoms with Gasteiger partial charge in [-0.25, -0.2) is 0 Å². The Morgan fingerprint density at radius 1 is 1.18 bits per heavy atom. The summed E-state index contributed by atoms with van der Waals surface area (Å²) in [4.78, 5) is 31.4. The van der Waals surface area contributed by atoms with Crippen molar-refractivity contribution in [3.05, 3.63) is 53.7 Å². The van der Waals surface area contributed by atoms with Crippen LogP contribution in [0.25, 0.3) is 22.3 Å². The van der Waals surface area contributed by atoms with Crippen molar-refractivity contribution in [1.29, 1.82) is 0 Å². The molecule has 5 heteroatoms. The van der Waals surface area contributed by atoms with Crippen LogP contribution in [0.5, 0.6) is 0 Å². The van der Waals surface area contributed by atoms with Crippen molar-refractivity contribution in [3.8, 4) is 11.4 Å². The number of nitrogens with zero attached hydrogens (tertiary/aromatic N) is 1. The van der Waals surface area contributed by atoms with Crippen molar-refractivity contribution in [2.45, 2.75) is 6.92 Å². The van der Waals surface area contributed by atoms with Crippen LogP contribution < -0.4 is 5.32 Å². The van der Waals surface area contributed by atoms with Gasteiger partial charge in [0.05, 0.1) is 17.0 Å². The summed E-state index contributed by atoms with van der Waals surface area (Å²) >= 11 is 0. The van der Waals surface area contributed by atoms with E-state index in [9.17, 15) is 9.59 Å². The highest BCUT2D eigenvalue weighted by atomic mass is 16.1. The number of Topliss-reactive ketones (excluding diaryl/α,β-unsaturated/α-hetero) is 1. The van der Waals surface area contributed by atoms with Crippen molar-refractivity contribution in [3.63, 3.8) is 0 Å². The standard InChI is InChI=1S/C17H15N3O2/c1-10(21)15-12-5-3-4-6-13(12)20-16(15)14-9-11(7-8-19-14)17(22)18-2/h3-9,20H,1-2H3,(H,18,22). The molecule has 0 aliphatic heterocycles. The number of aromatic nitrogens is 2. The molecule has 5 nitrogen and oxygen atoms in total. The molecule has 22 heavy (non-hydrogen) atoms. The van der Waals surface area contributed by atoms with Crippen LogP contribution in [0.15, 0.2) is 42.6 Å². The van der Waals surface area contributed by atoms with Gasteiger partial charge in [0.2, 0.25) is 0 Å². The Balaban J connectivity index is 2.24. The maximum Gasteiger partial charge on any atom is 0.251 e. The van der Waals surface area contributed by atoms with Gasteiger partial charge in [-0.3, -0.25) is 14.6 Å². The van der Waals surface area contributed by atoms with Gasteiger partial charge in [0, 0.05) is 29.7 Å². The first-order valence-electron chi connectivity index (χ1n) is 6.92. The van der Waals surface area contributed by atoms with Crippen LogP contribution in [0.1, 0.15) is 27.6 Å². The minimum atomic E-state index is -0.191. The third kappa shape index (κ3) is 2.26. The van der Waals surface area contributed by atoms with Gasteiger partial charge in [0.25, 0.3) is 5.91 Å². The summed E-state index contributed by atoms with van der Waals surface area (Å²) in [7, 11) is 1.58. The first-order valence-corrected chi connectivity index (χ1v) is 6.92. The smallest absolute Gasteiger partial charge is 0.251 e. The molecule has 3 rings (SSSR count). The Labute approximate surface area is 127 Å². The number of para-hydroxylation sites is 1. The molecule has 1 amide bonds. The third-order valence-corrected chi connectivity index (χ3v) is 3.56. The zero-order valence-corrected chi connectivity index (χ0v) is 12.3. The van der Waals surface area contributed by atoms with E-state index >= 15 is 0 Å². The molecule has 110 valence electrons. The molecule has 0 unspecified atom stereocenters. The number of pyridine rings is 1. The number of hydrogen-bond acceptors (Lipinski definition) is 3. The molecule has 2 N–H and O–H groups in total. The van der Waals surface area contributed by atoms with E-state index < -0.39 is 0 Å². The Morgan fingerprint density at radius 2 is 1.95 bits per heavy atom. The first-order chi connectivity index (χ1) is 10.6. The average Bonchev–Trinajstić information content (AvgIpc) is 2.94. The number of fused-ring (bicyclic) bond motifs is 1. The van der Waals surface area contributed by atoms with Gasteiger partial charge in [-0.05, 0) is 25.1 Å². The second-order valence-corrected chi connectivity index (χ2v) is 4.99. The van der Waals surface area contributed by atoms with E-state index in [4.69, 9.17) is 0 Å². The SMILES string of the molecule is CNC(=O)c1ccnc(-c2[nH]c3ccccc3c2C(C)=O)c1. The molecule has 0 aliphatic carbocycles. The number of benzene rings is 1. The Hall–Kier alpha value is -2.95. The Bertz CT molecular complexity index is 880. The quantitative estimate of drug-likeness (QED) is 0.729. The number of hydrogen-bond donors (Lipinski definition) is 2. The van der Waals surface area contributed by atoms with E-state index in [1.165, 1.54) is 6.92 Å². The van der Waals surface area contributed by atoms with Crippen LogP contribution in [-0.4, -0.2) is 28.7 Å². The fourth-order valence-corrected chi connectivity index (χ4v) is 2.55. The first kappa shape index (κ1) is 14.0. The minimum Gasteiger partial charge on any atom is -0.355 e. The molecule has 0 saturated heterocycles. The predicted octanol–water partition coefficient (Wildman–Crippen LogP) is 2.79. The van der Waals surface area contributed by atoms with E-state index in [-0.39, 0.29) is 11.7 Å². The van der Waals surface area contributed by atoms with Crippen LogP contribution in [0.3, 0.4) is 0 Å². The monoisotopic (exact) mass is 293 g/mol. The summed E-state index contributed by atoms with van der Waals surface area (Å²) in [5, 5.41) is 3.44. The minimum absolute atomic E-state index is 0.0420. The number of carbonyl (C=O) groups is 2. The molecule has 3 aromatic rings. The molecule has 0 spiro atoms. The van der Waals surface area contributed by atoms with Crippen molar-refractivity contribution in [2.75, 3.05) is 7.05 Å². The van der Waals surface area contributed by atoms with Gasteiger partial charge in [-0.15, -0.1) is 0 Å². The topological polar surface area (TPSA) is 74.8 Å². The second kappa shape index (κ2) is 5.44. The highest BCUT2D eigenvalue weighted by Gasteiger charge is 2.18. The normalized spacial score (nSPS) is 10.6. The van der Waals surface area contributed by atoms with Gasteiger partial charge in [-0.2, -0.15) is 0 Å². The molecule has 0 saturated carbocycles. The van der Waals surface area contributed by atoms with Crippen LogP contribution in [-0.2, 0) is 0 Å². The third-order valence-electron chi connectivity index (χ3n) is 3.56. The summed E-state index contributed by atoms with van der Waals surface area (Å²) < 4.78 is 0. The van der Waals surface area contributed by atoms with Crippen molar-refractivity contribution in [2.24, 2.45) is 0 Å². The second-order valence-electron chi connectivity index (χ2n) is 4.99. The summed E-state index contributed by atoms with van der Waals surface area (Å²) in [6, 6.07) is 10.9. The summed E-state index contributed by atoms with van der Waals surface area (Å²) in [6.45, 7) is 1.53. The molecule has 0 atom stereocenters. The number of rotatable bonds is 3. The van der Waals surface area contributed by atoms with E-state index in [1.54, 1.807) is 25.4 Å². The van der Waals surface area contributed by atoms with Gasteiger partial charge in [0.15, 0.2) is 5.78 Å². The highest BCUT2D eigenvalue weighted by Crippen LogP contribution is 2.29. The molecule has 0 bridgehead atoms. The maximum atomic E-state index is 12.1. The van der Waals surface area contributed by atoms with Crippen LogP contribution >= 0.6 is 0 Å². The zero-order chi connectivity index (χ0) is 15.7. The lowest BCUT2D eigenvalue weighted by atomic mass is 10.0. The number of carbonyl (C=O) groups excluding carboxylic acids is 2. The van der Waals surface area contributed by atoms with Crippen LogP contribution in [0, 0.1) is 0 Å².